The second-order valence-electron chi connectivity index (χ2n) is 3.83. The van der Waals surface area contributed by atoms with Gasteiger partial charge in [0.25, 0.3) is 0 Å². The number of hydrogen-bond donors (Lipinski definition) is 1. The maximum Gasteiger partial charge on any atom is 0.146 e. The molecule has 4 heteroatoms. The van der Waals surface area contributed by atoms with Gasteiger partial charge in [0.2, 0.25) is 0 Å². The molecule has 0 saturated carbocycles. The third kappa shape index (κ3) is 4.28. The molecule has 1 N–H and O–H groups in total. The molecule has 1 aromatic rings. The molecule has 1 atom stereocenters. The molecule has 1 nitrogen and oxygen atoms in total. The standard InChI is InChI=1S/C12H16Cl2FN/c1-9(4-3-7-13)16-8-10-5-2-6-11(14)12(10)15/h2,5-6,9,16H,3-4,7-8H2,1H3. The minimum Gasteiger partial charge on any atom is -0.310 e. The molecule has 16 heavy (non-hydrogen) atoms. The molecular weight excluding hydrogens is 248 g/mol. The van der Waals surface area contributed by atoms with Crippen molar-refractivity contribution in [2.45, 2.75) is 32.4 Å². The molecule has 0 saturated heterocycles. The van der Waals surface area contributed by atoms with Crippen molar-refractivity contribution < 1.29 is 4.39 Å². The van der Waals surface area contributed by atoms with Gasteiger partial charge >= 0.3 is 0 Å². The van der Waals surface area contributed by atoms with E-state index in [2.05, 4.69) is 12.2 Å². The summed E-state index contributed by atoms with van der Waals surface area (Å²) in [5, 5.41) is 3.42. The first kappa shape index (κ1) is 13.8. The molecule has 0 amide bonds. The largest absolute Gasteiger partial charge is 0.310 e. The van der Waals surface area contributed by atoms with E-state index in [4.69, 9.17) is 23.2 Å². The fraction of sp³-hybridized carbons (Fsp3) is 0.500. The molecule has 0 aliphatic carbocycles. The van der Waals surface area contributed by atoms with Crippen molar-refractivity contribution in [3.8, 4) is 0 Å². The van der Waals surface area contributed by atoms with Gasteiger partial charge in [0.1, 0.15) is 5.82 Å². The zero-order valence-electron chi connectivity index (χ0n) is 9.27. The van der Waals surface area contributed by atoms with Gasteiger partial charge in [-0.2, -0.15) is 0 Å². The minimum absolute atomic E-state index is 0.174. The Hall–Kier alpha value is -0.310. The Labute approximate surface area is 106 Å². The molecule has 0 aliphatic rings. The molecule has 0 bridgehead atoms. The fourth-order valence-corrected chi connectivity index (χ4v) is 1.80. The summed E-state index contributed by atoms with van der Waals surface area (Å²) in [5.41, 5.74) is 0.602. The van der Waals surface area contributed by atoms with Crippen LogP contribution < -0.4 is 5.32 Å². The molecule has 0 aliphatic heterocycles. The highest BCUT2D eigenvalue weighted by molar-refractivity contribution is 6.30. The summed E-state index contributed by atoms with van der Waals surface area (Å²) in [6.07, 6.45) is 1.96. The second-order valence-corrected chi connectivity index (χ2v) is 4.61. The van der Waals surface area contributed by atoms with E-state index in [1.807, 2.05) is 0 Å². The van der Waals surface area contributed by atoms with Gasteiger partial charge in [0.15, 0.2) is 0 Å². The predicted octanol–water partition coefficient (Wildman–Crippen LogP) is 3.98. The highest BCUT2D eigenvalue weighted by atomic mass is 35.5. The maximum absolute atomic E-state index is 13.5. The van der Waals surface area contributed by atoms with Crippen molar-refractivity contribution in [1.82, 2.24) is 5.32 Å². The summed E-state index contributed by atoms with van der Waals surface area (Å²) in [5.74, 6) is 0.332. The first-order valence-corrected chi connectivity index (χ1v) is 6.28. The lowest BCUT2D eigenvalue weighted by molar-refractivity contribution is 0.497. The predicted molar refractivity (Wildman–Crippen MR) is 67.7 cm³/mol. The van der Waals surface area contributed by atoms with Crippen LogP contribution in [0, 0.1) is 5.82 Å². The van der Waals surface area contributed by atoms with Crippen LogP contribution in [0.15, 0.2) is 18.2 Å². The first-order chi connectivity index (χ1) is 7.65. The molecule has 1 aromatic carbocycles. The van der Waals surface area contributed by atoms with Crippen molar-refractivity contribution >= 4 is 23.2 Å². The van der Waals surface area contributed by atoms with Crippen LogP contribution in [0.5, 0.6) is 0 Å². The third-order valence-electron chi connectivity index (χ3n) is 2.44. The Morgan fingerprint density at radius 1 is 1.44 bits per heavy atom. The highest BCUT2D eigenvalue weighted by Gasteiger charge is 2.07. The summed E-state index contributed by atoms with van der Waals surface area (Å²) >= 11 is 11.3. The van der Waals surface area contributed by atoms with Crippen LogP contribution in [-0.2, 0) is 6.54 Å². The summed E-state index contributed by atoms with van der Waals surface area (Å²) in [6.45, 7) is 2.56. The van der Waals surface area contributed by atoms with Crippen molar-refractivity contribution in [3.05, 3.63) is 34.6 Å². The van der Waals surface area contributed by atoms with Gasteiger partial charge in [-0.3, -0.25) is 0 Å². The molecule has 0 aromatic heterocycles. The third-order valence-corrected chi connectivity index (χ3v) is 3.00. The van der Waals surface area contributed by atoms with Crippen LogP contribution in [-0.4, -0.2) is 11.9 Å². The van der Waals surface area contributed by atoms with Gasteiger partial charge in [0, 0.05) is 24.0 Å². The topological polar surface area (TPSA) is 12.0 Å². The van der Waals surface area contributed by atoms with E-state index < -0.39 is 0 Å². The lowest BCUT2D eigenvalue weighted by Gasteiger charge is -2.13. The Morgan fingerprint density at radius 3 is 2.88 bits per heavy atom. The van der Waals surface area contributed by atoms with Crippen molar-refractivity contribution in [3.63, 3.8) is 0 Å². The number of rotatable bonds is 6. The van der Waals surface area contributed by atoms with E-state index in [0.29, 0.717) is 24.0 Å². The van der Waals surface area contributed by atoms with Gasteiger partial charge in [-0.25, -0.2) is 4.39 Å². The van der Waals surface area contributed by atoms with E-state index in [-0.39, 0.29) is 10.8 Å². The van der Waals surface area contributed by atoms with E-state index in [1.54, 1.807) is 18.2 Å². The van der Waals surface area contributed by atoms with Gasteiger partial charge in [-0.15, -0.1) is 11.6 Å². The molecule has 1 rings (SSSR count). The lowest BCUT2D eigenvalue weighted by atomic mass is 10.1. The van der Waals surface area contributed by atoms with Crippen molar-refractivity contribution in [1.29, 1.82) is 0 Å². The summed E-state index contributed by atoms with van der Waals surface area (Å²) in [6, 6.07) is 5.38. The average Bonchev–Trinajstić information content (AvgIpc) is 2.28. The number of nitrogens with one attached hydrogen (secondary N) is 1. The molecule has 90 valence electrons. The zero-order valence-corrected chi connectivity index (χ0v) is 10.8. The number of benzene rings is 1. The van der Waals surface area contributed by atoms with Crippen LogP contribution in [0.1, 0.15) is 25.3 Å². The Bertz CT molecular complexity index is 331. The zero-order chi connectivity index (χ0) is 12.0. The minimum atomic E-state index is -0.332. The van der Waals surface area contributed by atoms with E-state index >= 15 is 0 Å². The smallest absolute Gasteiger partial charge is 0.146 e. The molecule has 0 spiro atoms. The summed E-state index contributed by atoms with van der Waals surface area (Å²) in [4.78, 5) is 0. The lowest BCUT2D eigenvalue weighted by Crippen LogP contribution is -2.25. The van der Waals surface area contributed by atoms with Gasteiger partial charge in [-0.05, 0) is 25.8 Å². The average molecular weight is 264 g/mol. The Morgan fingerprint density at radius 2 is 2.19 bits per heavy atom. The fourth-order valence-electron chi connectivity index (χ4n) is 1.45. The maximum atomic E-state index is 13.5. The molecule has 1 unspecified atom stereocenters. The quantitative estimate of drug-likeness (QED) is 0.766. The van der Waals surface area contributed by atoms with E-state index in [1.165, 1.54) is 0 Å². The molecular formula is C12H16Cl2FN. The van der Waals surface area contributed by atoms with Crippen molar-refractivity contribution in [2.75, 3.05) is 5.88 Å². The van der Waals surface area contributed by atoms with Gasteiger partial charge < -0.3 is 5.32 Å². The normalized spacial score (nSPS) is 12.8. The molecule has 0 heterocycles. The van der Waals surface area contributed by atoms with Crippen LogP contribution >= 0.6 is 23.2 Å². The summed E-state index contributed by atoms with van der Waals surface area (Å²) in [7, 11) is 0. The Kier molecular flexibility index (Phi) is 6.10. The van der Waals surface area contributed by atoms with Gasteiger partial charge in [-0.1, -0.05) is 23.7 Å². The van der Waals surface area contributed by atoms with E-state index in [0.717, 1.165) is 12.8 Å². The van der Waals surface area contributed by atoms with Crippen molar-refractivity contribution in [2.24, 2.45) is 0 Å². The molecule has 0 radical (unpaired) electrons. The van der Waals surface area contributed by atoms with Crippen LogP contribution in [0.3, 0.4) is 0 Å². The van der Waals surface area contributed by atoms with E-state index in [9.17, 15) is 4.39 Å². The Balaban J connectivity index is 2.45. The summed E-state index contributed by atoms with van der Waals surface area (Å²) < 4.78 is 13.5. The highest BCUT2D eigenvalue weighted by Crippen LogP contribution is 2.17. The van der Waals surface area contributed by atoms with Crippen LogP contribution in [0.4, 0.5) is 4.39 Å². The SMILES string of the molecule is CC(CCCCl)NCc1cccc(Cl)c1F. The number of alkyl halides is 1. The number of hydrogen-bond acceptors (Lipinski definition) is 1. The van der Waals surface area contributed by atoms with Crippen LogP contribution in [0.25, 0.3) is 0 Å². The van der Waals surface area contributed by atoms with Crippen LogP contribution in [0.2, 0.25) is 5.02 Å². The second kappa shape index (κ2) is 7.10. The molecule has 0 fully saturated rings. The first-order valence-electron chi connectivity index (χ1n) is 5.37. The monoisotopic (exact) mass is 263 g/mol. The number of halogens is 3. The van der Waals surface area contributed by atoms with Gasteiger partial charge in [0.05, 0.1) is 5.02 Å².